The molecule has 1 aliphatic rings. The molecule has 10 nitrogen and oxygen atoms in total. The van der Waals surface area contributed by atoms with E-state index in [-0.39, 0.29) is 36.1 Å². The number of carbonyl (C=O) groups excluding carboxylic acids is 1. The number of esters is 1. The number of benzene rings is 2. The van der Waals surface area contributed by atoms with E-state index in [1.165, 1.54) is 7.11 Å². The molecule has 12 heteroatoms. The topological polar surface area (TPSA) is 117 Å². The van der Waals surface area contributed by atoms with Crippen molar-refractivity contribution in [3.8, 4) is 11.1 Å². The van der Waals surface area contributed by atoms with Crippen LogP contribution in [-0.4, -0.2) is 60.1 Å². The first-order valence-electron chi connectivity index (χ1n) is 14.5. The highest BCUT2D eigenvalue weighted by Gasteiger charge is 2.34. The second-order valence-electron chi connectivity index (χ2n) is 11.8. The minimum absolute atomic E-state index is 0.0497. The number of hydrogen-bond acceptors (Lipinski definition) is 9. The zero-order chi connectivity index (χ0) is 31.4. The number of carbonyl (C=O) groups is 1. The first-order chi connectivity index (χ1) is 20.3. The summed E-state index contributed by atoms with van der Waals surface area (Å²) in [5, 5.41) is 4.02. The van der Waals surface area contributed by atoms with E-state index in [1.807, 2.05) is 6.92 Å². The summed E-state index contributed by atoms with van der Waals surface area (Å²) < 4.78 is 58.7. The highest BCUT2D eigenvalue weighted by atomic mass is 32.2. The Hall–Kier alpha value is -3.03. The molecule has 2 atom stereocenters. The molecule has 0 bridgehead atoms. The Morgan fingerprint density at radius 1 is 1.12 bits per heavy atom. The van der Waals surface area contributed by atoms with Crippen LogP contribution in [-0.2, 0) is 35.6 Å². The molecule has 1 aromatic heterocycles. The third kappa shape index (κ3) is 7.55. The van der Waals surface area contributed by atoms with E-state index in [0.29, 0.717) is 40.1 Å². The summed E-state index contributed by atoms with van der Waals surface area (Å²) in [4.78, 5) is 12.5. The van der Waals surface area contributed by atoms with Gasteiger partial charge in [0, 0.05) is 23.5 Å². The smallest absolute Gasteiger partial charge is 0.337 e. The van der Waals surface area contributed by atoms with Gasteiger partial charge in [0.15, 0.2) is 6.29 Å². The monoisotopic (exact) mass is 630 g/mol. The maximum Gasteiger partial charge on any atom is 0.337 e. The first kappa shape index (κ1) is 32.9. The number of methoxy groups -OCH3 is 1. The minimum atomic E-state index is -4.23. The van der Waals surface area contributed by atoms with Gasteiger partial charge in [0.1, 0.15) is 6.73 Å². The highest BCUT2D eigenvalue weighted by molar-refractivity contribution is 7.93. The molecule has 0 aliphatic carbocycles. The van der Waals surface area contributed by atoms with E-state index >= 15 is 0 Å². The van der Waals surface area contributed by atoms with E-state index in [0.717, 1.165) is 23.6 Å². The average Bonchev–Trinajstić information content (AvgIpc) is 3.32. The predicted molar refractivity (Wildman–Crippen MR) is 166 cm³/mol. The Balaban J connectivity index is 1.80. The number of ether oxygens (including phenoxy) is 4. The van der Waals surface area contributed by atoms with Crippen LogP contribution in [0.15, 0.2) is 51.9 Å². The number of hydrogen-bond donors (Lipinski definition) is 0. The van der Waals surface area contributed by atoms with Crippen molar-refractivity contribution in [3.63, 3.8) is 0 Å². The summed E-state index contributed by atoms with van der Waals surface area (Å²) in [5.74, 6) is -0.396. The molecule has 0 spiro atoms. The lowest BCUT2D eigenvalue weighted by Crippen LogP contribution is -2.42. The van der Waals surface area contributed by atoms with E-state index in [1.54, 1.807) is 56.3 Å². The van der Waals surface area contributed by atoms with Gasteiger partial charge in [0.25, 0.3) is 10.0 Å². The van der Waals surface area contributed by atoms with Crippen LogP contribution < -0.4 is 4.31 Å². The minimum Gasteiger partial charge on any atom is -0.465 e. The quantitative estimate of drug-likeness (QED) is 0.131. The van der Waals surface area contributed by atoms with Crippen LogP contribution in [0.1, 0.15) is 53.4 Å². The van der Waals surface area contributed by atoms with Gasteiger partial charge in [0.05, 0.1) is 37.9 Å². The van der Waals surface area contributed by atoms with Crippen LogP contribution in [0.2, 0.25) is 19.6 Å². The van der Waals surface area contributed by atoms with Crippen molar-refractivity contribution in [1.29, 1.82) is 0 Å². The Bertz CT molecular complexity index is 1530. The molecule has 0 radical (unpaired) electrons. The number of rotatable bonds is 12. The van der Waals surface area contributed by atoms with Crippen molar-refractivity contribution in [1.82, 2.24) is 5.16 Å². The van der Waals surface area contributed by atoms with Gasteiger partial charge in [-0.25, -0.2) is 17.5 Å². The number of sulfonamides is 1. The van der Waals surface area contributed by atoms with Gasteiger partial charge in [-0.15, -0.1) is 0 Å². The Labute approximate surface area is 255 Å². The standard InChI is InChI=1S/C31H42N2O8SSi/c1-21-22(2)32-41-30(21)33(20-40-23(3)43(5,6)7)42(35,36)28-13-9-8-12-27(28)26-16-15-24(31(34)37-4)18-25(26)19-39-29-14-10-11-17-38-29/h8-9,12-13,15-16,18,23,29H,10-11,14,17,19-20H2,1-7H3. The van der Waals surface area contributed by atoms with E-state index in [2.05, 4.69) is 24.8 Å². The van der Waals surface area contributed by atoms with Crippen LogP contribution in [0.25, 0.3) is 11.1 Å². The lowest BCUT2D eigenvalue weighted by molar-refractivity contribution is -0.168. The van der Waals surface area contributed by atoms with Crippen molar-refractivity contribution in [2.24, 2.45) is 0 Å². The summed E-state index contributed by atoms with van der Waals surface area (Å²) >= 11 is 0. The van der Waals surface area contributed by atoms with Crippen LogP contribution in [0.3, 0.4) is 0 Å². The van der Waals surface area contributed by atoms with Crippen LogP contribution in [0, 0.1) is 13.8 Å². The molecule has 2 aromatic carbocycles. The Morgan fingerprint density at radius 3 is 2.49 bits per heavy atom. The molecule has 3 aromatic rings. The van der Waals surface area contributed by atoms with Crippen molar-refractivity contribution in [2.45, 2.75) is 83.2 Å². The van der Waals surface area contributed by atoms with Crippen molar-refractivity contribution < 1.29 is 36.7 Å². The molecule has 234 valence electrons. The number of aryl methyl sites for hydroxylation is 1. The maximum atomic E-state index is 14.5. The molecule has 43 heavy (non-hydrogen) atoms. The molecule has 0 saturated carbocycles. The molecular formula is C31H42N2O8SSi. The summed E-state index contributed by atoms with van der Waals surface area (Å²) in [7, 11) is -4.66. The van der Waals surface area contributed by atoms with Gasteiger partial charge in [-0.3, -0.25) is 0 Å². The van der Waals surface area contributed by atoms with Gasteiger partial charge in [-0.2, -0.15) is 0 Å². The molecule has 2 heterocycles. The molecular weight excluding hydrogens is 589 g/mol. The summed E-state index contributed by atoms with van der Waals surface area (Å²) in [6.45, 7) is 12.5. The Kier molecular flexibility index (Phi) is 10.5. The number of anilines is 1. The summed E-state index contributed by atoms with van der Waals surface area (Å²) in [5.41, 5.74) is 3.07. The molecule has 0 N–H and O–H groups in total. The highest BCUT2D eigenvalue weighted by Crippen LogP contribution is 2.36. The fraction of sp³-hybridized carbons (Fsp3) is 0.484. The fourth-order valence-corrected chi connectivity index (χ4v) is 6.69. The maximum absolute atomic E-state index is 14.5. The van der Waals surface area contributed by atoms with Gasteiger partial charge < -0.3 is 23.5 Å². The van der Waals surface area contributed by atoms with Crippen LogP contribution in [0.4, 0.5) is 5.88 Å². The molecule has 2 unspecified atom stereocenters. The predicted octanol–water partition coefficient (Wildman–Crippen LogP) is 6.22. The number of nitrogens with zero attached hydrogens (tertiary/aromatic N) is 2. The second kappa shape index (κ2) is 13.7. The third-order valence-electron chi connectivity index (χ3n) is 7.85. The van der Waals surface area contributed by atoms with E-state index in [4.69, 9.17) is 23.5 Å². The lowest BCUT2D eigenvalue weighted by atomic mass is 9.97. The average molecular weight is 631 g/mol. The van der Waals surface area contributed by atoms with Gasteiger partial charge >= 0.3 is 5.97 Å². The summed E-state index contributed by atoms with van der Waals surface area (Å²) in [6.07, 6.45) is 2.36. The zero-order valence-corrected chi connectivity index (χ0v) is 27.8. The molecule has 4 rings (SSSR count). The van der Waals surface area contributed by atoms with Gasteiger partial charge in [-0.05, 0) is 69.4 Å². The van der Waals surface area contributed by atoms with Crippen LogP contribution in [0.5, 0.6) is 0 Å². The second-order valence-corrected chi connectivity index (χ2v) is 19.2. The van der Waals surface area contributed by atoms with Crippen molar-refractivity contribution >= 4 is 30.0 Å². The normalized spacial score (nSPS) is 16.6. The molecule has 1 saturated heterocycles. The van der Waals surface area contributed by atoms with Crippen molar-refractivity contribution in [3.05, 3.63) is 64.8 Å². The molecule has 1 fully saturated rings. The fourth-order valence-electron chi connectivity index (χ4n) is 4.58. The lowest BCUT2D eigenvalue weighted by Gasteiger charge is -2.29. The first-order valence-corrected chi connectivity index (χ1v) is 19.5. The van der Waals surface area contributed by atoms with Crippen LogP contribution >= 0.6 is 0 Å². The zero-order valence-electron chi connectivity index (χ0n) is 26.0. The molecule has 1 aliphatic heterocycles. The summed E-state index contributed by atoms with van der Waals surface area (Å²) in [6, 6.07) is 11.8. The van der Waals surface area contributed by atoms with Crippen molar-refractivity contribution in [2.75, 3.05) is 24.8 Å². The van der Waals surface area contributed by atoms with Gasteiger partial charge in [-0.1, -0.05) is 49.1 Å². The largest absolute Gasteiger partial charge is 0.465 e. The SMILES string of the molecule is COC(=O)c1ccc(-c2ccccc2S(=O)(=O)N(COC(C)[Si](C)(C)C)c2onc(C)c2C)c(COC2CCCCO2)c1. The number of aromatic nitrogens is 1. The Morgan fingerprint density at radius 2 is 1.86 bits per heavy atom. The third-order valence-corrected chi connectivity index (χ3v) is 12.2. The molecule has 0 amide bonds. The van der Waals surface area contributed by atoms with E-state index in [9.17, 15) is 13.2 Å². The van der Waals surface area contributed by atoms with E-state index < -0.39 is 24.1 Å². The van der Waals surface area contributed by atoms with Gasteiger partial charge in [0.2, 0.25) is 5.88 Å².